The molecule has 0 radical (unpaired) electrons. The maximum absolute atomic E-state index is 5.64. The molecule has 12 heavy (non-hydrogen) atoms. The predicted molar refractivity (Wildman–Crippen MR) is 54.3 cm³/mol. The van der Waals surface area contributed by atoms with Crippen LogP contribution < -0.4 is 10.6 Å². The third-order valence-electron chi connectivity index (χ3n) is 1.71. The summed E-state index contributed by atoms with van der Waals surface area (Å²) >= 11 is 0. The zero-order chi connectivity index (χ0) is 8.97. The van der Waals surface area contributed by atoms with Crippen LogP contribution in [-0.2, 0) is 0 Å². The number of hydrogen-bond acceptors (Lipinski definition) is 2. The van der Waals surface area contributed by atoms with Crippen molar-refractivity contribution in [2.75, 3.05) is 24.2 Å². The summed E-state index contributed by atoms with van der Waals surface area (Å²) in [4.78, 5) is 2.09. The van der Waals surface area contributed by atoms with E-state index in [1.54, 1.807) is 0 Å². The van der Waals surface area contributed by atoms with E-state index in [4.69, 9.17) is 5.73 Å². The topological polar surface area (TPSA) is 29.3 Å². The fraction of sp³-hybridized carbons (Fsp3) is 0.200. The monoisotopic (exact) mass is 162 g/mol. The van der Waals surface area contributed by atoms with Crippen LogP contribution >= 0.6 is 0 Å². The molecule has 2 N–H and O–H groups in total. The smallest absolute Gasteiger partial charge is 0.0387 e. The maximum atomic E-state index is 5.64. The van der Waals surface area contributed by atoms with Crippen molar-refractivity contribution < 1.29 is 0 Å². The van der Waals surface area contributed by atoms with Crippen LogP contribution in [0.5, 0.6) is 0 Å². The third-order valence-corrected chi connectivity index (χ3v) is 1.71. The Hall–Kier alpha value is -1.44. The normalized spacial score (nSPS) is 9.42. The van der Waals surface area contributed by atoms with Gasteiger partial charge in [0.25, 0.3) is 0 Å². The zero-order valence-corrected chi connectivity index (χ0v) is 7.33. The zero-order valence-electron chi connectivity index (χ0n) is 7.33. The lowest BCUT2D eigenvalue weighted by molar-refractivity contribution is 1.03. The van der Waals surface area contributed by atoms with Gasteiger partial charge < -0.3 is 10.6 Å². The van der Waals surface area contributed by atoms with Crippen molar-refractivity contribution in [3.63, 3.8) is 0 Å². The minimum Gasteiger partial charge on any atom is -0.399 e. The molecule has 0 aliphatic heterocycles. The summed E-state index contributed by atoms with van der Waals surface area (Å²) < 4.78 is 0. The van der Waals surface area contributed by atoms with Gasteiger partial charge in [-0.1, -0.05) is 12.1 Å². The van der Waals surface area contributed by atoms with E-state index in [-0.39, 0.29) is 0 Å². The van der Waals surface area contributed by atoms with Gasteiger partial charge in [0, 0.05) is 25.0 Å². The summed E-state index contributed by atoms with van der Waals surface area (Å²) in [6.07, 6.45) is 1.86. The second-order valence-corrected chi connectivity index (χ2v) is 2.76. The van der Waals surface area contributed by atoms with Crippen LogP contribution in [0.4, 0.5) is 11.4 Å². The molecule has 2 heteroatoms. The second kappa shape index (κ2) is 3.81. The molecular weight excluding hydrogens is 148 g/mol. The number of nitrogens with zero attached hydrogens (tertiary/aromatic N) is 1. The highest BCUT2D eigenvalue weighted by Gasteiger charge is 1.96. The Labute approximate surface area is 73.3 Å². The molecule has 1 rings (SSSR count). The van der Waals surface area contributed by atoms with E-state index in [0.717, 1.165) is 17.9 Å². The van der Waals surface area contributed by atoms with Crippen molar-refractivity contribution in [3.05, 3.63) is 36.9 Å². The number of nitrogen functional groups attached to an aromatic ring is 1. The molecule has 0 unspecified atom stereocenters. The fourth-order valence-electron chi connectivity index (χ4n) is 1.06. The van der Waals surface area contributed by atoms with Gasteiger partial charge in [-0.2, -0.15) is 0 Å². The van der Waals surface area contributed by atoms with E-state index in [1.165, 1.54) is 0 Å². The number of anilines is 2. The highest BCUT2D eigenvalue weighted by Crippen LogP contribution is 2.15. The lowest BCUT2D eigenvalue weighted by Gasteiger charge is -2.16. The Kier molecular flexibility index (Phi) is 2.75. The van der Waals surface area contributed by atoms with Gasteiger partial charge in [-0.3, -0.25) is 0 Å². The minimum absolute atomic E-state index is 0.795. The molecule has 0 aromatic heterocycles. The van der Waals surface area contributed by atoms with Crippen LogP contribution in [0.3, 0.4) is 0 Å². The van der Waals surface area contributed by atoms with Gasteiger partial charge >= 0.3 is 0 Å². The predicted octanol–water partition coefficient (Wildman–Crippen LogP) is 1.89. The summed E-state index contributed by atoms with van der Waals surface area (Å²) in [7, 11) is 2.01. The Balaban J connectivity index is 2.80. The first-order valence-electron chi connectivity index (χ1n) is 3.91. The summed E-state index contributed by atoms with van der Waals surface area (Å²) in [5, 5.41) is 0. The van der Waals surface area contributed by atoms with Crippen molar-refractivity contribution in [2.24, 2.45) is 0 Å². The van der Waals surface area contributed by atoms with E-state index < -0.39 is 0 Å². The summed E-state index contributed by atoms with van der Waals surface area (Å²) in [5.74, 6) is 0. The van der Waals surface area contributed by atoms with Crippen LogP contribution in [0, 0.1) is 0 Å². The van der Waals surface area contributed by atoms with Gasteiger partial charge in [-0.05, 0) is 18.2 Å². The molecule has 0 amide bonds. The van der Waals surface area contributed by atoms with Crippen LogP contribution in [-0.4, -0.2) is 13.6 Å². The van der Waals surface area contributed by atoms with E-state index >= 15 is 0 Å². The van der Waals surface area contributed by atoms with Crippen molar-refractivity contribution in [2.45, 2.75) is 0 Å². The molecule has 0 aliphatic rings. The van der Waals surface area contributed by atoms with Crippen LogP contribution in [0.2, 0.25) is 0 Å². The Bertz CT molecular complexity index is 268. The van der Waals surface area contributed by atoms with Gasteiger partial charge in [0.15, 0.2) is 0 Å². The molecule has 64 valence electrons. The van der Waals surface area contributed by atoms with Crippen molar-refractivity contribution >= 4 is 11.4 Å². The largest absolute Gasteiger partial charge is 0.399 e. The molecule has 0 aliphatic carbocycles. The van der Waals surface area contributed by atoms with Gasteiger partial charge in [0.05, 0.1) is 0 Å². The standard InChI is InChI=1S/C10H14N2/c1-3-7-12(2)10-6-4-5-9(11)8-10/h3-6,8H,1,7,11H2,2H3. The number of nitrogens with two attached hydrogens (primary N) is 1. The van der Waals surface area contributed by atoms with Crippen molar-refractivity contribution in [3.8, 4) is 0 Å². The molecule has 0 saturated carbocycles. The summed E-state index contributed by atoms with van der Waals surface area (Å²) in [6, 6.07) is 7.80. The molecule has 2 nitrogen and oxygen atoms in total. The number of rotatable bonds is 3. The van der Waals surface area contributed by atoms with Gasteiger partial charge in [0.1, 0.15) is 0 Å². The van der Waals surface area contributed by atoms with E-state index in [0.29, 0.717) is 0 Å². The summed E-state index contributed by atoms with van der Waals surface area (Å²) in [5.41, 5.74) is 7.56. The van der Waals surface area contributed by atoms with E-state index in [2.05, 4.69) is 11.5 Å². The van der Waals surface area contributed by atoms with Crippen LogP contribution in [0.25, 0.3) is 0 Å². The molecule has 0 saturated heterocycles. The van der Waals surface area contributed by atoms with Gasteiger partial charge in [-0.15, -0.1) is 6.58 Å². The van der Waals surface area contributed by atoms with Crippen LogP contribution in [0.1, 0.15) is 0 Å². The average molecular weight is 162 g/mol. The molecule has 0 atom stereocenters. The Morgan fingerprint density at radius 2 is 2.33 bits per heavy atom. The molecule has 0 spiro atoms. The lowest BCUT2D eigenvalue weighted by atomic mass is 10.2. The molecule has 0 heterocycles. The quantitative estimate of drug-likeness (QED) is 0.543. The van der Waals surface area contributed by atoms with Crippen LogP contribution in [0.15, 0.2) is 36.9 Å². The Morgan fingerprint density at radius 1 is 1.58 bits per heavy atom. The second-order valence-electron chi connectivity index (χ2n) is 2.76. The van der Waals surface area contributed by atoms with E-state index in [1.807, 2.05) is 37.4 Å². The first-order chi connectivity index (χ1) is 5.74. The number of likely N-dealkylation sites (N-methyl/N-ethyl adjacent to an activating group) is 1. The molecular formula is C10H14N2. The molecule has 1 aromatic rings. The minimum atomic E-state index is 0.795. The highest BCUT2D eigenvalue weighted by molar-refractivity contribution is 5.55. The first kappa shape index (κ1) is 8.65. The first-order valence-corrected chi connectivity index (χ1v) is 3.91. The maximum Gasteiger partial charge on any atom is 0.0387 e. The third kappa shape index (κ3) is 2.02. The van der Waals surface area contributed by atoms with E-state index in [9.17, 15) is 0 Å². The van der Waals surface area contributed by atoms with Crippen molar-refractivity contribution in [1.29, 1.82) is 0 Å². The fourth-order valence-corrected chi connectivity index (χ4v) is 1.06. The van der Waals surface area contributed by atoms with Gasteiger partial charge in [-0.25, -0.2) is 0 Å². The lowest BCUT2D eigenvalue weighted by Crippen LogP contribution is -2.16. The van der Waals surface area contributed by atoms with Gasteiger partial charge in [0.2, 0.25) is 0 Å². The highest BCUT2D eigenvalue weighted by atomic mass is 15.1. The van der Waals surface area contributed by atoms with Crippen molar-refractivity contribution in [1.82, 2.24) is 0 Å². The summed E-state index contributed by atoms with van der Waals surface area (Å²) in [6.45, 7) is 4.51. The Morgan fingerprint density at radius 3 is 2.92 bits per heavy atom. The number of benzene rings is 1. The molecule has 0 fully saturated rings. The molecule has 1 aromatic carbocycles. The SMILES string of the molecule is C=CCN(C)c1cccc(N)c1. The average Bonchev–Trinajstić information content (AvgIpc) is 2.05. The molecule has 0 bridgehead atoms. The number of hydrogen-bond donors (Lipinski definition) is 1.